The quantitative estimate of drug-likeness (QED) is 0.787. The minimum absolute atomic E-state index is 0.0275. The molecule has 1 saturated heterocycles. The Balaban J connectivity index is 1.90. The van der Waals surface area contributed by atoms with E-state index in [2.05, 4.69) is 5.32 Å². The minimum atomic E-state index is -0.733. The molecule has 1 unspecified atom stereocenters. The number of hydrogen-bond donors (Lipinski definition) is 1. The highest BCUT2D eigenvalue weighted by molar-refractivity contribution is 6.52. The molecule has 2 aliphatic heterocycles. The Morgan fingerprint density at radius 3 is 2.84 bits per heavy atom. The van der Waals surface area contributed by atoms with Crippen molar-refractivity contribution in [3.63, 3.8) is 0 Å². The number of cyclic esters (lactones) is 1. The molecule has 0 aromatic heterocycles. The summed E-state index contributed by atoms with van der Waals surface area (Å²) in [6.45, 7) is 0.279. The molecule has 1 aromatic carbocycles. The van der Waals surface area contributed by atoms with Crippen molar-refractivity contribution in [2.75, 3.05) is 18.0 Å². The van der Waals surface area contributed by atoms with Gasteiger partial charge in [-0.25, -0.2) is 9.18 Å². The number of benzene rings is 1. The van der Waals surface area contributed by atoms with Crippen LogP contribution in [0, 0.1) is 5.82 Å². The fourth-order valence-electron chi connectivity index (χ4n) is 2.19. The maximum absolute atomic E-state index is 13.2. The molecular formula is C12H9FN2O4. The van der Waals surface area contributed by atoms with Crippen LogP contribution in [-0.4, -0.2) is 37.0 Å². The van der Waals surface area contributed by atoms with Crippen LogP contribution < -0.4 is 10.2 Å². The molecule has 19 heavy (non-hydrogen) atoms. The van der Waals surface area contributed by atoms with Gasteiger partial charge in [0.1, 0.15) is 11.9 Å². The fraction of sp³-hybridized carbons (Fsp3) is 0.250. The van der Waals surface area contributed by atoms with E-state index >= 15 is 0 Å². The van der Waals surface area contributed by atoms with Gasteiger partial charge in [0.2, 0.25) is 0 Å². The summed E-state index contributed by atoms with van der Waals surface area (Å²) >= 11 is 0. The van der Waals surface area contributed by atoms with E-state index in [9.17, 15) is 18.8 Å². The number of carbonyl (C=O) groups is 3. The Labute approximate surface area is 107 Å². The lowest BCUT2D eigenvalue weighted by molar-refractivity contribution is -0.114. The lowest BCUT2D eigenvalue weighted by Crippen LogP contribution is -2.38. The average molecular weight is 264 g/mol. The SMILES string of the molecule is O=C1NCC(CN2C(=O)C(=O)c3ccc(F)cc32)O1. The monoisotopic (exact) mass is 264 g/mol. The third kappa shape index (κ3) is 1.83. The van der Waals surface area contributed by atoms with Crippen molar-refractivity contribution >= 4 is 23.5 Å². The first kappa shape index (κ1) is 11.6. The number of Topliss-reactive ketones (excluding diaryl/α,β-unsaturated/α-hetero) is 1. The second-order valence-corrected chi connectivity index (χ2v) is 4.31. The Hall–Kier alpha value is -2.44. The number of ketones is 1. The number of nitrogens with one attached hydrogen (secondary N) is 1. The van der Waals surface area contributed by atoms with Gasteiger partial charge in [0.25, 0.3) is 11.7 Å². The summed E-state index contributed by atoms with van der Waals surface area (Å²) < 4.78 is 18.1. The van der Waals surface area contributed by atoms with Gasteiger partial charge in [-0.1, -0.05) is 0 Å². The smallest absolute Gasteiger partial charge is 0.407 e. The van der Waals surface area contributed by atoms with Gasteiger partial charge in [-0.05, 0) is 18.2 Å². The number of rotatable bonds is 2. The number of fused-ring (bicyclic) bond motifs is 1. The highest BCUT2D eigenvalue weighted by Crippen LogP contribution is 2.30. The summed E-state index contributed by atoms with van der Waals surface area (Å²) in [5.41, 5.74) is 0.390. The first-order valence-corrected chi connectivity index (χ1v) is 5.66. The molecule has 7 heteroatoms. The molecule has 0 saturated carbocycles. The molecular weight excluding hydrogens is 255 g/mol. The van der Waals surface area contributed by atoms with Crippen LogP contribution >= 0.6 is 0 Å². The van der Waals surface area contributed by atoms with Crippen molar-refractivity contribution < 1.29 is 23.5 Å². The number of amides is 2. The van der Waals surface area contributed by atoms with Crippen LogP contribution in [0.3, 0.4) is 0 Å². The van der Waals surface area contributed by atoms with E-state index in [1.165, 1.54) is 6.07 Å². The van der Waals surface area contributed by atoms with Crippen LogP contribution in [-0.2, 0) is 9.53 Å². The van der Waals surface area contributed by atoms with Crippen molar-refractivity contribution in [2.24, 2.45) is 0 Å². The number of halogens is 1. The summed E-state index contributed by atoms with van der Waals surface area (Å²) in [5.74, 6) is -1.94. The first-order valence-electron chi connectivity index (χ1n) is 5.66. The maximum Gasteiger partial charge on any atom is 0.407 e. The van der Waals surface area contributed by atoms with Gasteiger partial charge < -0.3 is 15.0 Å². The van der Waals surface area contributed by atoms with Gasteiger partial charge >= 0.3 is 6.09 Å². The Morgan fingerprint density at radius 2 is 2.16 bits per heavy atom. The molecule has 0 radical (unpaired) electrons. The van der Waals surface area contributed by atoms with Crippen LogP contribution in [0.25, 0.3) is 0 Å². The van der Waals surface area contributed by atoms with Crippen LogP contribution in [0.15, 0.2) is 18.2 Å². The predicted octanol–water partition coefficient (Wildman–Crippen LogP) is 0.463. The van der Waals surface area contributed by atoms with Gasteiger partial charge in [0.05, 0.1) is 24.3 Å². The lowest BCUT2D eigenvalue weighted by Gasteiger charge is -2.19. The molecule has 1 N–H and O–H groups in total. The number of nitrogens with zero attached hydrogens (tertiary/aromatic N) is 1. The van der Waals surface area contributed by atoms with E-state index in [1.807, 2.05) is 0 Å². The molecule has 1 aromatic rings. The second-order valence-electron chi connectivity index (χ2n) is 4.31. The molecule has 0 aliphatic carbocycles. The largest absolute Gasteiger partial charge is 0.442 e. The molecule has 1 atom stereocenters. The number of hydrogen-bond acceptors (Lipinski definition) is 4. The molecule has 2 aliphatic rings. The van der Waals surface area contributed by atoms with Gasteiger partial charge in [0.15, 0.2) is 0 Å². The number of anilines is 1. The molecule has 0 spiro atoms. The third-order valence-electron chi connectivity index (χ3n) is 3.07. The van der Waals surface area contributed by atoms with Gasteiger partial charge in [-0.2, -0.15) is 0 Å². The lowest BCUT2D eigenvalue weighted by atomic mass is 10.1. The number of carbonyl (C=O) groups excluding carboxylic acids is 3. The van der Waals surface area contributed by atoms with Crippen LogP contribution in [0.4, 0.5) is 14.9 Å². The maximum atomic E-state index is 13.2. The second kappa shape index (κ2) is 4.04. The van der Waals surface area contributed by atoms with E-state index in [-0.39, 0.29) is 24.3 Å². The third-order valence-corrected chi connectivity index (χ3v) is 3.07. The molecule has 6 nitrogen and oxygen atoms in total. The van der Waals surface area contributed by atoms with Crippen molar-refractivity contribution in [2.45, 2.75) is 6.10 Å². The molecule has 2 heterocycles. The van der Waals surface area contributed by atoms with E-state index < -0.39 is 29.7 Å². The van der Waals surface area contributed by atoms with E-state index in [4.69, 9.17) is 4.74 Å². The van der Waals surface area contributed by atoms with E-state index in [1.54, 1.807) is 0 Å². The van der Waals surface area contributed by atoms with Crippen LogP contribution in [0.2, 0.25) is 0 Å². The zero-order valence-corrected chi connectivity index (χ0v) is 9.68. The van der Waals surface area contributed by atoms with E-state index in [0.29, 0.717) is 0 Å². The topological polar surface area (TPSA) is 75.7 Å². The highest BCUT2D eigenvalue weighted by atomic mass is 19.1. The standard InChI is InChI=1S/C12H9FN2O4/c13-6-1-2-8-9(3-6)15(11(17)10(8)16)5-7-4-14-12(18)19-7/h1-3,7H,4-5H2,(H,14,18). The fourth-order valence-corrected chi connectivity index (χ4v) is 2.19. The zero-order chi connectivity index (χ0) is 13.6. The summed E-state index contributed by atoms with van der Waals surface area (Å²) in [5, 5.41) is 2.45. The van der Waals surface area contributed by atoms with Gasteiger partial charge in [-0.15, -0.1) is 0 Å². The first-order chi connectivity index (χ1) is 9.06. The van der Waals surface area contributed by atoms with Gasteiger partial charge in [0, 0.05) is 0 Å². The summed E-state index contributed by atoms with van der Waals surface area (Å²) in [7, 11) is 0. The van der Waals surface area contributed by atoms with Gasteiger partial charge in [-0.3, -0.25) is 9.59 Å². The average Bonchev–Trinajstić information content (AvgIpc) is 2.88. The number of ether oxygens (including phenoxy) is 1. The summed E-state index contributed by atoms with van der Waals surface area (Å²) in [4.78, 5) is 35.6. The predicted molar refractivity (Wildman–Crippen MR) is 61.4 cm³/mol. The summed E-state index contributed by atoms with van der Waals surface area (Å²) in [6.07, 6.45) is -1.11. The molecule has 0 bridgehead atoms. The summed E-state index contributed by atoms with van der Waals surface area (Å²) in [6, 6.07) is 3.54. The van der Waals surface area contributed by atoms with E-state index in [0.717, 1.165) is 17.0 Å². The van der Waals surface area contributed by atoms with Crippen molar-refractivity contribution in [3.05, 3.63) is 29.6 Å². The number of alkyl carbamates (subject to hydrolysis) is 1. The minimum Gasteiger partial charge on any atom is -0.442 e. The Kier molecular flexibility index (Phi) is 2.48. The Bertz CT molecular complexity index is 601. The van der Waals surface area contributed by atoms with Crippen molar-refractivity contribution in [3.8, 4) is 0 Å². The van der Waals surface area contributed by atoms with Crippen molar-refractivity contribution in [1.29, 1.82) is 0 Å². The van der Waals surface area contributed by atoms with Crippen molar-refractivity contribution in [1.82, 2.24) is 5.32 Å². The van der Waals surface area contributed by atoms with Crippen LogP contribution in [0.5, 0.6) is 0 Å². The zero-order valence-electron chi connectivity index (χ0n) is 9.68. The molecule has 98 valence electrons. The van der Waals surface area contributed by atoms with Crippen LogP contribution in [0.1, 0.15) is 10.4 Å². The molecule has 2 amide bonds. The normalized spacial score (nSPS) is 21.4. The molecule has 1 fully saturated rings. The highest BCUT2D eigenvalue weighted by Gasteiger charge is 2.38. The Morgan fingerprint density at radius 1 is 1.37 bits per heavy atom. The molecule has 3 rings (SSSR count).